The van der Waals surface area contributed by atoms with Gasteiger partial charge in [0, 0.05) is 23.0 Å². The molecule has 0 fully saturated rings. The van der Waals surface area contributed by atoms with Crippen molar-refractivity contribution >= 4 is 32.8 Å². The highest BCUT2D eigenvalue weighted by atomic mass is 16.3. The van der Waals surface area contributed by atoms with E-state index >= 15 is 0 Å². The summed E-state index contributed by atoms with van der Waals surface area (Å²) in [6.07, 6.45) is 3.86. The molecule has 0 amide bonds. The van der Waals surface area contributed by atoms with Gasteiger partial charge in [-0.1, -0.05) is 48.5 Å². The standard InChI is InChI=1S/C30H20N4O/c35-29-14-6-5-13-27(29)33-20-32(25-11-3-4-12-26(25)33)21-16-17-23-22-9-1-2-10-24(22)34(28(23)19-21)30-15-7-8-18-31-30/h1-20H/p+1. The smallest absolute Gasteiger partial charge is 0.255 e. The predicted molar refractivity (Wildman–Crippen MR) is 139 cm³/mol. The van der Waals surface area contributed by atoms with Gasteiger partial charge >= 0.3 is 0 Å². The summed E-state index contributed by atoms with van der Waals surface area (Å²) in [5.41, 5.74) is 6.05. The topological polar surface area (TPSA) is 46.9 Å². The number of hydrogen-bond acceptors (Lipinski definition) is 2. The minimum atomic E-state index is 0.242. The lowest BCUT2D eigenvalue weighted by molar-refractivity contribution is -0.567. The van der Waals surface area contributed by atoms with Crippen LogP contribution in [0.25, 0.3) is 50.0 Å². The van der Waals surface area contributed by atoms with Crippen LogP contribution in [0.1, 0.15) is 0 Å². The third-order valence-electron chi connectivity index (χ3n) is 6.59. The fourth-order valence-corrected chi connectivity index (χ4v) is 5.02. The molecule has 5 nitrogen and oxygen atoms in total. The van der Waals surface area contributed by atoms with Crippen molar-refractivity contribution in [2.45, 2.75) is 0 Å². The van der Waals surface area contributed by atoms with Crippen LogP contribution < -0.4 is 4.57 Å². The number of fused-ring (bicyclic) bond motifs is 4. The predicted octanol–water partition coefficient (Wildman–Crippen LogP) is 6.10. The molecule has 0 unspecified atom stereocenters. The number of aromatic hydroxyl groups is 1. The first-order valence-electron chi connectivity index (χ1n) is 11.5. The summed E-state index contributed by atoms with van der Waals surface area (Å²) >= 11 is 0. The Kier molecular flexibility index (Phi) is 4.23. The molecule has 0 aliphatic heterocycles. The summed E-state index contributed by atoms with van der Waals surface area (Å²) in [4.78, 5) is 4.65. The Morgan fingerprint density at radius 2 is 1.40 bits per heavy atom. The first-order chi connectivity index (χ1) is 17.3. The molecule has 7 rings (SSSR count). The number of nitrogens with zero attached hydrogens (tertiary/aromatic N) is 4. The van der Waals surface area contributed by atoms with E-state index in [1.54, 1.807) is 6.07 Å². The van der Waals surface area contributed by atoms with E-state index in [2.05, 4.69) is 68.7 Å². The Labute approximate surface area is 201 Å². The molecule has 166 valence electrons. The largest absolute Gasteiger partial charge is 0.504 e. The maximum absolute atomic E-state index is 10.5. The average Bonchev–Trinajstić information content (AvgIpc) is 3.45. The number of imidazole rings is 1. The third kappa shape index (κ3) is 2.95. The summed E-state index contributed by atoms with van der Waals surface area (Å²) in [5, 5.41) is 12.9. The zero-order valence-corrected chi connectivity index (χ0v) is 18.8. The average molecular weight is 454 g/mol. The van der Waals surface area contributed by atoms with E-state index < -0.39 is 0 Å². The van der Waals surface area contributed by atoms with E-state index in [4.69, 9.17) is 0 Å². The fourth-order valence-electron chi connectivity index (χ4n) is 5.02. The molecule has 0 bridgehead atoms. The van der Waals surface area contributed by atoms with Crippen molar-refractivity contribution in [2.24, 2.45) is 0 Å². The highest BCUT2D eigenvalue weighted by Gasteiger charge is 2.22. The van der Waals surface area contributed by atoms with E-state index in [-0.39, 0.29) is 5.75 Å². The number of para-hydroxylation sites is 5. The Hall–Kier alpha value is -4.90. The summed E-state index contributed by atoms with van der Waals surface area (Å²) in [7, 11) is 0. The van der Waals surface area contributed by atoms with Gasteiger partial charge in [0.2, 0.25) is 0 Å². The second-order valence-corrected chi connectivity index (χ2v) is 8.57. The Bertz CT molecular complexity index is 1860. The highest BCUT2D eigenvalue weighted by Crippen LogP contribution is 2.32. The normalized spacial score (nSPS) is 11.5. The molecule has 3 aromatic heterocycles. The van der Waals surface area contributed by atoms with Crippen molar-refractivity contribution in [2.75, 3.05) is 0 Å². The van der Waals surface area contributed by atoms with Crippen molar-refractivity contribution in [1.29, 1.82) is 0 Å². The molecule has 0 aliphatic carbocycles. The highest BCUT2D eigenvalue weighted by molar-refractivity contribution is 6.09. The maximum Gasteiger partial charge on any atom is 0.255 e. The second-order valence-electron chi connectivity index (χ2n) is 8.57. The van der Waals surface area contributed by atoms with Crippen LogP contribution in [0.3, 0.4) is 0 Å². The first kappa shape index (κ1) is 19.6. The monoisotopic (exact) mass is 453 g/mol. The van der Waals surface area contributed by atoms with Gasteiger partial charge in [0.25, 0.3) is 6.33 Å². The van der Waals surface area contributed by atoms with E-state index in [1.165, 1.54) is 10.8 Å². The summed E-state index contributed by atoms with van der Waals surface area (Å²) in [6.45, 7) is 0. The molecule has 35 heavy (non-hydrogen) atoms. The van der Waals surface area contributed by atoms with Crippen LogP contribution in [0.4, 0.5) is 0 Å². The number of pyridine rings is 1. The van der Waals surface area contributed by atoms with Gasteiger partial charge in [-0.2, -0.15) is 9.13 Å². The van der Waals surface area contributed by atoms with Gasteiger partial charge < -0.3 is 5.11 Å². The van der Waals surface area contributed by atoms with Crippen LogP contribution >= 0.6 is 0 Å². The molecule has 0 aliphatic rings. The Morgan fingerprint density at radius 3 is 2.26 bits per heavy atom. The summed E-state index contributed by atoms with van der Waals surface area (Å²) in [6, 6.07) is 36.6. The van der Waals surface area contributed by atoms with Gasteiger partial charge in [-0.15, -0.1) is 0 Å². The second kappa shape index (κ2) is 7.57. The SMILES string of the molecule is Oc1ccccc1-n1c[n+](-c2ccc3c4ccccc4n(-c4ccccn4)c3c2)c2ccccc21. The van der Waals surface area contributed by atoms with Gasteiger partial charge in [0.05, 0.1) is 11.0 Å². The molecule has 0 atom stereocenters. The van der Waals surface area contributed by atoms with Gasteiger partial charge in [-0.05, 0) is 54.6 Å². The van der Waals surface area contributed by atoms with Gasteiger partial charge in [0.1, 0.15) is 11.5 Å². The zero-order chi connectivity index (χ0) is 23.4. The number of hydrogen-bond donors (Lipinski definition) is 1. The lowest BCUT2D eigenvalue weighted by Gasteiger charge is -2.06. The van der Waals surface area contributed by atoms with Crippen molar-refractivity contribution in [1.82, 2.24) is 14.1 Å². The molecular weight excluding hydrogens is 432 g/mol. The van der Waals surface area contributed by atoms with Crippen LogP contribution in [-0.4, -0.2) is 19.2 Å². The van der Waals surface area contributed by atoms with E-state index in [0.717, 1.165) is 39.3 Å². The molecule has 1 N–H and O–H groups in total. The number of phenols is 1. The molecule has 4 aromatic carbocycles. The summed E-state index contributed by atoms with van der Waals surface area (Å²) < 4.78 is 6.42. The van der Waals surface area contributed by atoms with E-state index in [0.29, 0.717) is 0 Å². The van der Waals surface area contributed by atoms with Gasteiger partial charge in [0.15, 0.2) is 22.5 Å². The molecule has 0 radical (unpaired) electrons. The molecule has 0 saturated heterocycles. The fraction of sp³-hybridized carbons (Fsp3) is 0. The van der Waals surface area contributed by atoms with Crippen LogP contribution in [0, 0.1) is 0 Å². The molecule has 3 heterocycles. The lowest BCUT2D eigenvalue weighted by atomic mass is 10.1. The Balaban J connectivity index is 1.53. The first-order valence-corrected chi connectivity index (χ1v) is 11.5. The minimum absolute atomic E-state index is 0.242. The summed E-state index contributed by atoms with van der Waals surface area (Å²) in [5.74, 6) is 1.13. The van der Waals surface area contributed by atoms with Crippen LogP contribution in [0.5, 0.6) is 5.75 Å². The zero-order valence-electron chi connectivity index (χ0n) is 18.8. The number of aromatic nitrogens is 4. The van der Waals surface area contributed by atoms with Gasteiger partial charge in [-0.3, -0.25) is 4.57 Å². The number of rotatable bonds is 3. The van der Waals surface area contributed by atoms with E-state index in [1.807, 2.05) is 65.6 Å². The van der Waals surface area contributed by atoms with Crippen LogP contribution in [-0.2, 0) is 0 Å². The third-order valence-corrected chi connectivity index (χ3v) is 6.59. The van der Waals surface area contributed by atoms with Crippen molar-refractivity contribution in [3.05, 3.63) is 122 Å². The van der Waals surface area contributed by atoms with Crippen molar-refractivity contribution in [3.63, 3.8) is 0 Å². The van der Waals surface area contributed by atoms with Crippen molar-refractivity contribution in [3.8, 4) is 22.9 Å². The van der Waals surface area contributed by atoms with E-state index in [9.17, 15) is 5.11 Å². The lowest BCUT2D eigenvalue weighted by Crippen LogP contribution is -2.28. The van der Waals surface area contributed by atoms with Crippen LogP contribution in [0.15, 0.2) is 122 Å². The molecule has 0 saturated carbocycles. The minimum Gasteiger partial charge on any atom is -0.504 e. The number of benzene rings is 4. The van der Waals surface area contributed by atoms with Crippen molar-refractivity contribution < 1.29 is 9.67 Å². The molecule has 7 aromatic rings. The number of phenolic OH excluding ortho intramolecular Hbond substituents is 1. The Morgan fingerprint density at radius 1 is 0.657 bits per heavy atom. The molecular formula is C30H21N4O+. The van der Waals surface area contributed by atoms with Gasteiger partial charge in [-0.25, -0.2) is 4.98 Å². The molecule has 5 heteroatoms. The van der Waals surface area contributed by atoms with Crippen LogP contribution in [0.2, 0.25) is 0 Å². The maximum atomic E-state index is 10.5. The quantitative estimate of drug-likeness (QED) is 0.328. The molecule has 0 spiro atoms.